The zero-order valence-electron chi connectivity index (χ0n) is 26.0. The van der Waals surface area contributed by atoms with Crippen molar-refractivity contribution in [1.82, 2.24) is 0 Å². The predicted molar refractivity (Wildman–Crippen MR) is 167 cm³/mol. The molecule has 0 spiro atoms. The highest BCUT2D eigenvalue weighted by molar-refractivity contribution is 5.90. The normalized spacial score (nSPS) is 22.9. The van der Waals surface area contributed by atoms with E-state index in [0.717, 1.165) is 49.0 Å². The molecule has 7 heteroatoms. The average Bonchev–Trinajstić information content (AvgIpc) is 3.04. The highest BCUT2D eigenvalue weighted by Crippen LogP contribution is 2.45. The zero-order valence-corrected chi connectivity index (χ0v) is 26.0. The Bertz CT molecular complexity index is 1200. The molecule has 2 fully saturated rings. The Hall–Kier alpha value is -3.00. The number of carbonyl (C=O) groups excluding carboxylic acids is 2. The van der Waals surface area contributed by atoms with Gasteiger partial charge in [-0.15, -0.1) is 0 Å². The van der Waals surface area contributed by atoms with Crippen LogP contribution >= 0.6 is 0 Å². The van der Waals surface area contributed by atoms with Gasteiger partial charge in [-0.2, -0.15) is 0 Å². The summed E-state index contributed by atoms with van der Waals surface area (Å²) in [6.07, 6.45) is 10.8. The van der Waals surface area contributed by atoms with Gasteiger partial charge in [-0.25, -0.2) is 4.79 Å². The Morgan fingerprint density at radius 2 is 1.67 bits per heavy atom. The van der Waals surface area contributed by atoms with Gasteiger partial charge >= 0.3 is 11.9 Å². The van der Waals surface area contributed by atoms with Crippen molar-refractivity contribution in [2.24, 2.45) is 17.8 Å². The first kappa shape index (κ1) is 32.9. The molecule has 234 valence electrons. The predicted octanol–water partition coefficient (Wildman–Crippen LogP) is 7.25. The standard InChI is InChI=1S/C36H48O7/c1-5-6-7-31-16-14-30(23-41-31)27-8-10-28(11-9-27)33-20-29(15-19-34(33)43-35(38)24(2)21-37)26-12-17-32(18-13-26)42-36(39)25(3)22-40-4/h12-13,15,17-20,25,27-28,30-31,37H,2,5-11,14,16,21-23H2,1,3-4H3. The second kappa shape index (κ2) is 16.2. The second-order valence-corrected chi connectivity index (χ2v) is 12.3. The Balaban J connectivity index is 1.46. The number of hydrogen-bond acceptors (Lipinski definition) is 7. The van der Waals surface area contributed by atoms with E-state index in [9.17, 15) is 14.7 Å². The lowest BCUT2D eigenvalue weighted by Gasteiger charge is -2.38. The van der Waals surface area contributed by atoms with Crippen LogP contribution in [0, 0.1) is 17.8 Å². The second-order valence-electron chi connectivity index (χ2n) is 12.3. The molecule has 0 aromatic heterocycles. The van der Waals surface area contributed by atoms with Crippen LogP contribution in [0.15, 0.2) is 54.6 Å². The number of aliphatic hydroxyl groups is 1. The van der Waals surface area contributed by atoms with Crippen molar-refractivity contribution in [2.75, 3.05) is 26.9 Å². The van der Waals surface area contributed by atoms with E-state index in [2.05, 4.69) is 19.6 Å². The van der Waals surface area contributed by atoms with Crippen molar-refractivity contribution < 1.29 is 33.6 Å². The van der Waals surface area contributed by atoms with Crippen molar-refractivity contribution in [3.8, 4) is 22.6 Å². The van der Waals surface area contributed by atoms with E-state index in [4.69, 9.17) is 18.9 Å². The van der Waals surface area contributed by atoms with E-state index in [1.54, 1.807) is 26.2 Å². The van der Waals surface area contributed by atoms with Gasteiger partial charge in [0.2, 0.25) is 0 Å². The van der Waals surface area contributed by atoms with Crippen molar-refractivity contribution >= 4 is 11.9 Å². The molecular weight excluding hydrogens is 544 g/mol. The summed E-state index contributed by atoms with van der Waals surface area (Å²) in [6, 6.07) is 13.3. The number of carbonyl (C=O) groups is 2. The zero-order chi connectivity index (χ0) is 30.8. The molecule has 3 unspecified atom stereocenters. The first-order valence-corrected chi connectivity index (χ1v) is 15.9. The van der Waals surface area contributed by atoms with Crippen LogP contribution < -0.4 is 9.47 Å². The molecule has 4 rings (SSSR count). The number of rotatable bonds is 13. The highest BCUT2D eigenvalue weighted by atomic mass is 16.5. The number of ether oxygens (including phenoxy) is 4. The van der Waals surface area contributed by atoms with Crippen LogP contribution in [0.2, 0.25) is 0 Å². The summed E-state index contributed by atoms with van der Waals surface area (Å²) in [5, 5.41) is 9.39. The fourth-order valence-electron chi connectivity index (χ4n) is 6.39. The molecule has 1 heterocycles. The van der Waals surface area contributed by atoms with Crippen molar-refractivity contribution in [1.29, 1.82) is 0 Å². The van der Waals surface area contributed by atoms with Crippen LogP contribution in [-0.4, -0.2) is 50.1 Å². The smallest absolute Gasteiger partial charge is 0.341 e. The molecule has 0 amide bonds. The molecule has 0 bridgehead atoms. The van der Waals surface area contributed by atoms with E-state index in [0.29, 0.717) is 36.0 Å². The van der Waals surface area contributed by atoms with E-state index in [1.165, 1.54) is 32.1 Å². The molecule has 2 aromatic carbocycles. The molecule has 7 nitrogen and oxygen atoms in total. The maximum Gasteiger partial charge on any atom is 0.341 e. The molecular formula is C36H48O7. The molecule has 3 atom stereocenters. The molecule has 2 aliphatic rings. The van der Waals surface area contributed by atoms with E-state index >= 15 is 0 Å². The topological polar surface area (TPSA) is 91.3 Å². The molecule has 1 N–H and O–H groups in total. The van der Waals surface area contributed by atoms with Crippen LogP contribution in [-0.2, 0) is 19.1 Å². The van der Waals surface area contributed by atoms with Gasteiger partial charge in [0.25, 0.3) is 0 Å². The van der Waals surface area contributed by atoms with Crippen molar-refractivity contribution in [2.45, 2.75) is 83.7 Å². The molecule has 1 aliphatic carbocycles. The molecule has 43 heavy (non-hydrogen) atoms. The Morgan fingerprint density at radius 1 is 0.977 bits per heavy atom. The average molecular weight is 593 g/mol. The van der Waals surface area contributed by atoms with E-state index < -0.39 is 12.6 Å². The fourth-order valence-corrected chi connectivity index (χ4v) is 6.39. The third-order valence-corrected chi connectivity index (χ3v) is 9.08. The molecule has 1 saturated carbocycles. The van der Waals surface area contributed by atoms with Gasteiger partial charge in [0.05, 0.1) is 37.4 Å². The summed E-state index contributed by atoms with van der Waals surface area (Å²) in [7, 11) is 1.56. The van der Waals surface area contributed by atoms with Crippen LogP contribution in [0.4, 0.5) is 0 Å². The number of unbranched alkanes of at least 4 members (excludes halogenated alkanes) is 1. The summed E-state index contributed by atoms with van der Waals surface area (Å²) >= 11 is 0. The lowest BCUT2D eigenvalue weighted by Crippen LogP contribution is -2.32. The third-order valence-electron chi connectivity index (χ3n) is 9.08. The maximum absolute atomic E-state index is 12.6. The largest absolute Gasteiger partial charge is 0.426 e. The number of aliphatic hydroxyl groups excluding tert-OH is 1. The van der Waals surface area contributed by atoms with Crippen LogP contribution in [0.5, 0.6) is 11.5 Å². The number of hydrogen-bond donors (Lipinski definition) is 1. The summed E-state index contributed by atoms with van der Waals surface area (Å²) in [5.74, 6) is 1.23. The third kappa shape index (κ3) is 9.01. The lowest BCUT2D eigenvalue weighted by atomic mass is 9.72. The fraction of sp³-hybridized carbons (Fsp3) is 0.556. The van der Waals surface area contributed by atoms with Crippen molar-refractivity contribution in [3.05, 3.63) is 60.2 Å². The van der Waals surface area contributed by atoms with Gasteiger partial charge in [0.15, 0.2) is 0 Å². The summed E-state index contributed by atoms with van der Waals surface area (Å²) in [5.41, 5.74) is 2.98. The SMILES string of the molecule is C=C(CO)C(=O)Oc1ccc(-c2ccc(OC(=O)C(C)COC)cc2)cc1C1CCC(C2CCC(CCCC)OC2)CC1. The van der Waals surface area contributed by atoms with Crippen LogP contribution in [0.1, 0.15) is 83.1 Å². The summed E-state index contributed by atoms with van der Waals surface area (Å²) in [4.78, 5) is 24.8. The molecule has 0 radical (unpaired) electrons. The lowest BCUT2D eigenvalue weighted by molar-refractivity contribution is -0.140. The van der Waals surface area contributed by atoms with Crippen molar-refractivity contribution in [3.63, 3.8) is 0 Å². The minimum Gasteiger partial charge on any atom is -0.426 e. The summed E-state index contributed by atoms with van der Waals surface area (Å²) in [6.45, 7) is 8.37. The maximum atomic E-state index is 12.6. The number of benzene rings is 2. The van der Waals surface area contributed by atoms with Gasteiger partial charge in [-0.1, -0.05) is 44.5 Å². The number of methoxy groups -OCH3 is 1. The minimum absolute atomic E-state index is 0.0261. The Morgan fingerprint density at radius 3 is 2.30 bits per heavy atom. The molecule has 2 aromatic rings. The van der Waals surface area contributed by atoms with Crippen LogP contribution in [0.3, 0.4) is 0 Å². The van der Waals surface area contributed by atoms with Gasteiger partial charge < -0.3 is 24.1 Å². The van der Waals surface area contributed by atoms with E-state index in [-0.39, 0.29) is 23.4 Å². The highest BCUT2D eigenvalue weighted by Gasteiger charge is 2.33. The van der Waals surface area contributed by atoms with Gasteiger partial charge in [0.1, 0.15) is 11.5 Å². The summed E-state index contributed by atoms with van der Waals surface area (Å²) < 4.78 is 22.6. The number of esters is 2. The van der Waals surface area contributed by atoms with Gasteiger partial charge in [0, 0.05) is 7.11 Å². The van der Waals surface area contributed by atoms with Crippen LogP contribution in [0.25, 0.3) is 11.1 Å². The monoisotopic (exact) mass is 592 g/mol. The molecule has 1 aliphatic heterocycles. The Labute approximate surface area is 256 Å². The first-order chi connectivity index (χ1) is 20.8. The quantitative estimate of drug-likeness (QED) is 0.149. The minimum atomic E-state index is -0.615. The van der Waals surface area contributed by atoms with Gasteiger partial charge in [-0.05, 0) is 111 Å². The Kier molecular flexibility index (Phi) is 12.4. The first-order valence-electron chi connectivity index (χ1n) is 15.9. The van der Waals surface area contributed by atoms with E-state index in [1.807, 2.05) is 24.3 Å². The van der Waals surface area contributed by atoms with Gasteiger partial charge in [-0.3, -0.25) is 4.79 Å². The molecule has 1 saturated heterocycles.